The number of rotatable bonds is 4. The lowest BCUT2D eigenvalue weighted by molar-refractivity contribution is 0.0424. The van der Waals surface area contributed by atoms with E-state index in [1.165, 1.54) is 0 Å². The molecule has 2 fully saturated rings. The maximum atomic E-state index is 11.7. The molecule has 21 heavy (non-hydrogen) atoms. The Morgan fingerprint density at radius 3 is 2.38 bits per heavy atom. The predicted octanol–water partition coefficient (Wildman–Crippen LogP) is 2.45. The molecule has 0 aromatic rings. The molecule has 5 heteroatoms. The summed E-state index contributed by atoms with van der Waals surface area (Å²) < 4.78 is 10.7. The minimum atomic E-state index is -0.428. The summed E-state index contributed by atoms with van der Waals surface area (Å²) in [5, 5.41) is 6.62. The lowest BCUT2D eigenvalue weighted by atomic mass is 9.84. The van der Waals surface area contributed by atoms with Crippen LogP contribution in [0.5, 0.6) is 0 Å². The molecule has 0 aromatic heterocycles. The molecule has 1 saturated heterocycles. The van der Waals surface area contributed by atoms with Crippen molar-refractivity contribution in [1.82, 2.24) is 10.6 Å². The van der Waals surface area contributed by atoms with Crippen molar-refractivity contribution in [2.45, 2.75) is 77.1 Å². The minimum absolute atomic E-state index is 0.249. The summed E-state index contributed by atoms with van der Waals surface area (Å²) in [6, 6.07) is 1.29. The fourth-order valence-corrected chi connectivity index (χ4v) is 3.07. The molecule has 2 N–H and O–H groups in total. The number of carbonyl (C=O) groups excluding carboxylic acids is 1. The van der Waals surface area contributed by atoms with Crippen LogP contribution in [-0.4, -0.2) is 43.0 Å². The highest BCUT2D eigenvalue weighted by Crippen LogP contribution is 2.25. The molecule has 1 aliphatic carbocycles. The Hall–Kier alpha value is -0.810. The number of alkyl carbamates (subject to hydrolysis) is 1. The summed E-state index contributed by atoms with van der Waals surface area (Å²) in [7, 11) is 0. The highest BCUT2D eigenvalue weighted by molar-refractivity contribution is 5.68. The summed E-state index contributed by atoms with van der Waals surface area (Å²) in [5.41, 5.74) is -0.428. The SMILES string of the molecule is CC(NC1CC(NC(=O)OC(C)(C)C)C1)C1CCOCC1. The Bertz CT molecular complexity index is 342. The van der Waals surface area contributed by atoms with Crippen molar-refractivity contribution in [3.63, 3.8) is 0 Å². The summed E-state index contributed by atoms with van der Waals surface area (Å²) in [5.74, 6) is 0.719. The molecular formula is C16H30N2O3. The van der Waals surface area contributed by atoms with Crippen molar-refractivity contribution in [2.24, 2.45) is 5.92 Å². The van der Waals surface area contributed by atoms with Crippen molar-refractivity contribution in [3.8, 4) is 0 Å². The van der Waals surface area contributed by atoms with Crippen LogP contribution in [0.1, 0.15) is 53.4 Å². The quantitative estimate of drug-likeness (QED) is 0.837. The number of nitrogens with one attached hydrogen (secondary N) is 2. The van der Waals surface area contributed by atoms with Gasteiger partial charge in [-0.05, 0) is 59.3 Å². The average molecular weight is 298 g/mol. The maximum absolute atomic E-state index is 11.7. The van der Waals surface area contributed by atoms with Crippen molar-refractivity contribution in [1.29, 1.82) is 0 Å². The number of hydrogen-bond acceptors (Lipinski definition) is 4. The highest BCUT2D eigenvalue weighted by Gasteiger charge is 2.33. The molecule has 122 valence electrons. The fraction of sp³-hybridized carbons (Fsp3) is 0.938. The van der Waals surface area contributed by atoms with Crippen molar-refractivity contribution < 1.29 is 14.3 Å². The standard InChI is InChI=1S/C16H30N2O3/c1-11(12-5-7-20-8-6-12)17-13-9-14(10-13)18-15(19)21-16(2,3)4/h11-14,17H,5-10H2,1-4H3,(H,18,19). The van der Waals surface area contributed by atoms with Crippen molar-refractivity contribution in [2.75, 3.05) is 13.2 Å². The van der Waals surface area contributed by atoms with Gasteiger partial charge in [-0.15, -0.1) is 0 Å². The third-order valence-electron chi connectivity index (χ3n) is 4.33. The summed E-state index contributed by atoms with van der Waals surface area (Å²) >= 11 is 0. The van der Waals surface area contributed by atoms with E-state index < -0.39 is 5.60 Å². The van der Waals surface area contributed by atoms with E-state index in [4.69, 9.17) is 9.47 Å². The Balaban J connectivity index is 1.61. The smallest absolute Gasteiger partial charge is 0.407 e. The van der Waals surface area contributed by atoms with Gasteiger partial charge in [0, 0.05) is 31.3 Å². The van der Waals surface area contributed by atoms with Crippen LogP contribution < -0.4 is 10.6 Å². The van der Waals surface area contributed by atoms with E-state index in [1.54, 1.807) is 0 Å². The maximum Gasteiger partial charge on any atom is 0.407 e. The Morgan fingerprint density at radius 1 is 1.19 bits per heavy atom. The Kier molecular flexibility index (Phi) is 5.49. The Morgan fingerprint density at radius 2 is 1.81 bits per heavy atom. The average Bonchev–Trinajstić information content (AvgIpc) is 2.35. The summed E-state index contributed by atoms with van der Waals surface area (Å²) in [6.45, 7) is 9.70. The number of hydrogen-bond donors (Lipinski definition) is 2. The monoisotopic (exact) mass is 298 g/mol. The first-order valence-corrected chi connectivity index (χ1v) is 8.17. The zero-order chi connectivity index (χ0) is 15.5. The van der Waals surface area contributed by atoms with Gasteiger partial charge in [-0.2, -0.15) is 0 Å². The van der Waals surface area contributed by atoms with Gasteiger partial charge >= 0.3 is 6.09 Å². The number of ether oxygens (including phenoxy) is 2. The van der Waals surface area contributed by atoms with Crippen LogP contribution in [0.25, 0.3) is 0 Å². The first kappa shape index (κ1) is 16.6. The van der Waals surface area contributed by atoms with Crippen molar-refractivity contribution >= 4 is 6.09 Å². The zero-order valence-corrected chi connectivity index (χ0v) is 13.8. The van der Waals surface area contributed by atoms with E-state index in [2.05, 4.69) is 17.6 Å². The minimum Gasteiger partial charge on any atom is -0.444 e. The molecule has 0 aromatic carbocycles. The van der Waals surface area contributed by atoms with Gasteiger partial charge in [0.15, 0.2) is 0 Å². The van der Waals surface area contributed by atoms with Gasteiger partial charge in [0.2, 0.25) is 0 Å². The highest BCUT2D eigenvalue weighted by atomic mass is 16.6. The van der Waals surface area contributed by atoms with Crippen LogP contribution in [-0.2, 0) is 9.47 Å². The molecule has 1 unspecified atom stereocenters. The molecule has 2 aliphatic rings. The van der Waals surface area contributed by atoms with E-state index in [-0.39, 0.29) is 12.1 Å². The van der Waals surface area contributed by atoms with Crippen molar-refractivity contribution in [3.05, 3.63) is 0 Å². The zero-order valence-electron chi connectivity index (χ0n) is 13.8. The van der Waals surface area contributed by atoms with Crippen LogP contribution in [0.15, 0.2) is 0 Å². The van der Waals surface area contributed by atoms with Crippen LogP contribution in [0.4, 0.5) is 4.79 Å². The molecule has 5 nitrogen and oxygen atoms in total. The lowest BCUT2D eigenvalue weighted by Crippen LogP contribution is -2.56. The van der Waals surface area contributed by atoms with Crippen LogP contribution >= 0.6 is 0 Å². The van der Waals surface area contributed by atoms with E-state index in [1.807, 2.05) is 20.8 Å². The molecule has 1 amide bonds. The normalized spacial score (nSPS) is 28.6. The molecule has 1 atom stereocenters. The third-order valence-corrected chi connectivity index (χ3v) is 4.33. The first-order chi connectivity index (χ1) is 9.83. The molecule has 1 saturated carbocycles. The predicted molar refractivity (Wildman–Crippen MR) is 82.3 cm³/mol. The Labute approximate surface area is 128 Å². The van der Waals surface area contributed by atoms with Gasteiger partial charge in [0.25, 0.3) is 0 Å². The van der Waals surface area contributed by atoms with Gasteiger partial charge in [-0.1, -0.05) is 0 Å². The van der Waals surface area contributed by atoms with E-state index >= 15 is 0 Å². The summed E-state index contributed by atoms with van der Waals surface area (Å²) in [4.78, 5) is 11.7. The van der Waals surface area contributed by atoms with Gasteiger partial charge in [-0.3, -0.25) is 0 Å². The van der Waals surface area contributed by atoms with E-state index in [9.17, 15) is 4.79 Å². The number of amides is 1. The molecule has 1 heterocycles. The van der Waals surface area contributed by atoms with Crippen LogP contribution in [0.2, 0.25) is 0 Å². The van der Waals surface area contributed by atoms with Gasteiger partial charge in [-0.25, -0.2) is 4.79 Å². The van der Waals surface area contributed by atoms with Gasteiger partial charge in [0.05, 0.1) is 0 Å². The number of carbonyl (C=O) groups is 1. The molecule has 0 radical (unpaired) electrons. The second-order valence-electron chi connectivity index (χ2n) is 7.42. The lowest BCUT2D eigenvalue weighted by Gasteiger charge is -2.40. The van der Waals surface area contributed by atoms with Gasteiger partial charge < -0.3 is 20.1 Å². The fourth-order valence-electron chi connectivity index (χ4n) is 3.07. The second-order valence-corrected chi connectivity index (χ2v) is 7.42. The molecule has 2 rings (SSSR count). The van der Waals surface area contributed by atoms with Crippen LogP contribution in [0.3, 0.4) is 0 Å². The van der Waals surface area contributed by atoms with Gasteiger partial charge in [0.1, 0.15) is 5.60 Å². The molecule has 0 bridgehead atoms. The molecular weight excluding hydrogens is 268 g/mol. The van der Waals surface area contributed by atoms with E-state index in [0.717, 1.165) is 44.8 Å². The summed E-state index contributed by atoms with van der Waals surface area (Å²) in [6.07, 6.45) is 3.99. The first-order valence-electron chi connectivity index (χ1n) is 8.17. The largest absolute Gasteiger partial charge is 0.444 e. The molecule has 1 aliphatic heterocycles. The molecule has 0 spiro atoms. The van der Waals surface area contributed by atoms with Crippen LogP contribution in [0, 0.1) is 5.92 Å². The topological polar surface area (TPSA) is 59.6 Å². The third kappa shape index (κ3) is 5.47. The second kappa shape index (κ2) is 6.97. The van der Waals surface area contributed by atoms with E-state index in [0.29, 0.717) is 12.1 Å².